The van der Waals surface area contributed by atoms with Crippen molar-refractivity contribution in [2.45, 2.75) is 30.4 Å². The lowest BCUT2D eigenvalue weighted by Gasteiger charge is -2.39. The Morgan fingerprint density at radius 3 is 2.58 bits per heavy atom. The van der Waals surface area contributed by atoms with E-state index >= 15 is 0 Å². The second-order valence-electron chi connectivity index (χ2n) is 9.24. The normalized spacial score (nSPS) is 24.2. The maximum Gasteiger partial charge on any atom is 0.407 e. The van der Waals surface area contributed by atoms with Crippen LogP contribution < -0.4 is 10.2 Å². The number of ether oxygens (including phenoxy) is 2. The van der Waals surface area contributed by atoms with Crippen LogP contribution in [0.3, 0.4) is 0 Å². The summed E-state index contributed by atoms with van der Waals surface area (Å²) in [5.74, 6) is 0.289. The Labute approximate surface area is 197 Å². The van der Waals surface area contributed by atoms with E-state index in [0.717, 1.165) is 62.5 Å². The average Bonchev–Trinajstić information content (AvgIpc) is 3.41. The van der Waals surface area contributed by atoms with Gasteiger partial charge in [-0.25, -0.2) is 4.79 Å². The number of hydrogen-bond acceptors (Lipinski definition) is 7. The first kappa shape index (κ1) is 20.7. The number of piperidine rings is 1. The van der Waals surface area contributed by atoms with E-state index in [0.29, 0.717) is 17.6 Å². The van der Waals surface area contributed by atoms with Gasteiger partial charge in [0.2, 0.25) is 0 Å². The number of aromatic nitrogens is 1. The van der Waals surface area contributed by atoms with Crippen LogP contribution in [-0.2, 0) is 9.47 Å². The van der Waals surface area contributed by atoms with Gasteiger partial charge in [-0.15, -0.1) is 0 Å². The zero-order valence-electron chi connectivity index (χ0n) is 18.2. The van der Waals surface area contributed by atoms with Crippen LogP contribution in [0, 0.1) is 0 Å². The summed E-state index contributed by atoms with van der Waals surface area (Å²) >= 11 is 6.65. The Kier molecular flexibility index (Phi) is 5.14. The molecule has 1 atom stereocenters. The SMILES string of the molecule is O=C1NCC2(CCN(c3c(Cl)cncc3-c3ccc(C4C=NN(C5COC5)C4)cc3)CC2)O1. The highest BCUT2D eigenvalue weighted by atomic mass is 35.5. The van der Waals surface area contributed by atoms with Crippen molar-refractivity contribution in [3.8, 4) is 11.1 Å². The lowest BCUT2D eigenvalue weighted by Crippen LogP contribution is -2.46. The molecular formula is C24H26ClN5O3. The quantitative estimate of drug-likeness (QED) is 0.743. The molecule has 0 bridgehead atoms. The van der Waals surface area contributed by atoms with Gasteiger partial charge in [-0.05, 0) is 11.1 Å². The number of carbonyl (C=O) groups is 1. The van der Waals surface area contributed by atoms with Crippen molar-refractivity contribution in [3.05, 3.63) is 47.2 Å². The van der Waals surface area contributed by atoms with Gasteiger partial charge in [-0.2, -0.15) is 5.10 Å². The summed E-state index contributed by atoms with van der Waals surface area (Å²) < 4.78 is 10.9. The zero-order chi connectivity index (χ0) is 22.4. The number of hydrazone groups is 1. The van der Waals surface area contributed by atoms with Crippen molar-refractivity contribution in [3.63, 3.8) is 0 Å². The smallest absolute Gasteiger partial charge is 0.407 e. The largest absolute Gasteiger partial charge is 0.441 e. The maximum absolute atomic E-state index is 11.6. The molecule has 9 heteroatoms. The number of halogens is 1. The minimum Gasteiger partial charge on any atom is -0.441 e. The lowest BCUT2D eigenvalue weighted by molar-refractivity contribution is -0.0612. The third-order valence-electron chi connectivity index (χ3n) is 7.20. The van der Waals surface area contributed by atoms with Crippen LogP contribution >= 0.6 is 11.6 Å². The summed E-state index contributed by atoms with van der Waals surface area (Å²) in [6.07, 6.45) is 6.84. The monoisotopic (exact) mass is 467 g/mol. The first-order valence-corrected chi connectivity index (χ1v) is 11.8. The van der Waals surface area contributed by atoms with Crippen LogP contribution in [0.25, 0.3) is 11.1 Å². The van der Waals surface area contributed by atoms with Crippen molar-refractivity contribution in [2.24, 2.45) is 5.10 Å². The molecule has 0 saturated carbocycles. The van der Waals surface area contributed by atoms with E-state index in [-0.39, 0.29) is 12.0 Å². The molecule has 2 aromatic rings. The van der Waals surface area contributed by atoms with Crippen LogP contribution in [0.4, 0.5) is 10.5 Å². The first-order valence-electron chi connectivity index (χ1n) is 11.4. The fourth-order valence-corrected chi connectivity index (χ4v) is 5.36. The van der Waals surface area contributed by atoms with Crippen molar-refractivity contribution < 1.29 is 14.3 Å². The van der Waals surface area contributed by atoms with Crippen LogP contribution in [0.5, 0.6) is 0 Å². The molecule has 1 aromatic carbocycles. The van der Waals surface area contributed by atoms with E-state index in [1.807, 2.05) is 12.4 Å². The van der Waals surface area contributed by atoms with Crippen LogP contribution in [0.2, 0.25) is 5.02 Å². The van der Waals surface area contributed by atoms with Gasteiger partial charge in [0.05, 0.1) is 36.5 Å². The topological polar surface area (TPSA) is 79.3 Å². The summed E-state index contributed by atoms with van der Waals surface area (Å²) in [5, 5.41) is 10.1. The van der Waals surface area contributed by atoms with E-state index < -0.39 is 5.60 Å². The average molecular weight is 468 g/mol. The number of amides is 1. The summed E-state index contributed by atoms with van der Waals surface area (Å²) in [4.78, 5) is 18.2. The predicted octanol–water partition coefficient (Wildman–Crippen LogP) is 3.26. The molecule has 1 N–H and O–H groups in total. The van der Waals surface area contributed by atoms with Gasteiger partial charge in [-0.1, -0.05) is 35.9 Å². The fraction of sp³-hybridized carbons (Fsp3) is 0.458. The Bertz CT molecular complexity index is 1080. The Morgan fingerprint density at radius 1 is 1.12 bits per heavy atom. The number of carbonyl (C=O) groups excluding carboxylic acids is 1. The van der Waals surface area contributed by atoms with E-state index in [2.05, 4.69) is 49.6 Å². The third-order valence-corrected chi connectivity index (χ3v) is 7.47. The molecule has 6 rings (SSSR count). The molecular weight excluding hydrogens is 442 g/mol. The lowest BCUT2D eigenvalue weighted by atomic mass is 9.90. The van der Waals surface area contributed by atoms with Gasteiger partial charge in [-0.3, -0.25) is 9.99 Å². The predicted molar refractivity (Wildman–Crippen MR) is 126 cm³/mol. The Balaban J connectivity index is 1.20. The molecule has 1 amide bonds. The molecule has 3 saturated heterocycles. The first-order chi connectivity index (χ1) is 16.1. The highest BCUT2D eigenvalue weighted by Gasteiger charge is 2.43. The molecule has 0 radical (unpaired) electrons. The minimum atomic E-state index is -0.392. The summed E-state index contributed by atoms with van der Waals surface area (Å²) in [5.41, 5.74) is 3.94. The molecule has 5 heterocycles. The van der Waals surface area contributed by atoms with Crippen LogP contribution in [0.15, 0.2) is 41.8 Å². The molecule has 4 aliphatic heterocycles. The standard InChI is InChI=1S/C24H26ClN5O3/c25-21-11-26-10-20(22(21)29-7-5-24(6-8-29)15-27-23(31)33-24)17-3-1-16(2-4-17)18-9-28-30(12-18)19-13-32-14-19/h1-4,9-11,18-19H,5-8,12-15H2,(H,27,31). The number of rotatable bonds is 4. The second kappa shape index (κ2) is 8.18. The van der Waals surface area contributed by atoms with Gasteiger partial charge >= 0.3 is 6.09 Å². The molecule has 1 unspecified atom stereocenters. The van der Waals surface area contributed by atoms with Crippen molar-refractivity contribution in [1.82, 2.24) is 15.3 Å². The maximum atomic E-state index is 11.6. The zero-order valence-corrected chi connectivity index (χ0v) is 19.0. The number of anilines is 1. The van der Waals surface area contributed by atoms with Gasteiger partial charge in [0.25, 0.3) is 0 Å². The molecule has 8 nitrogen and oxygen atoms in total. The second-order valence-corrected chi connectivity index (χ2v) is 9.64. The van der Waals surface area contributed by atoms with Gasteiger partial charge in [0.15, 0.2) is 0 Å². The number of benzene rings is 1. The molecule has 4 aliphatic rings. The van der Waals surface area contributed by atoms with E-state index in [1.54, 1.807) is 6.20 Å². The highest BCUT2D eigenvalue weighted by molar-refractivity contribution is 6.33. The third kappa shape index (κ3) is 3.81. The van der Waals surface area contributed by atoms with E-state index in [4.69, 9.17) is 21.1 Å². The van der Waals surface area contributed by atoms with Crippen molar-refractivity contribution in [2.75, 3.05) is 44.3 Å². The van der Waals surface area contributed by atoms with Crippen LogP contribution in [-0.4, -0.2) is 73.3 Å². The highest BCUT2D eigenvalue weighted by Crippen LogP contribution is 2.40. The van der Waals surface area contributed by atoms with E-state index in [1.165, 1.54) is 5.56 Å². The molecule has 3 fully saturated rings. The molecule has 1 spiro atoms. The van der Waals surface area contributed by atoms with Crippen LogP contribution in [0.1, 0.15) is 24.3 Å². The minimum absolute atomic E-state index is 0.289. The van der Waals surface area contributed by atoms with Gasteiger partial charge in [0.1, 0.15) is 5.60 Å². The van der Waals surface area contributed by atoms with Gasteiger partial charge < -0.3 is 19.7 Å². The summed E-state index contributed by atoms with van der Waals surface area (Å²) in [6, 6.07) is 9.04. The number of alkyl carbamates (subject to hydrolysis) is 1. The summed E-state index contributed by atoms with van der Waals surface area (Å²) in [6.45, 7) is 4.54. The van der Waals surface area contributed by atoms with E-state index in [9.17, 15) is 4.79 Å². The molecule has 1 aromatic heterocycles. The van der Waals surface area contributed by atoms with Gasteiger partial charge in [0, 0.05) is 62.6 Å². The van der Waals surface area contributed by atoms with Crippen molar-refractivity contribution >= 4 is 29.6 Å². The Hall–Kier alpha value is -2.84. The fourth-order valence-electron chi connectivity index (χ4n) is 5.08. The molecule has 0 aliphatic carbocycles. The van der Waals surface area contributed by atoms with Crippen molar-refractivity contribution in [1.29, 1.82) is 0 Å². The number of hydrogen-bond donors (Lipinski definition) is 1. The summed E-state index contributed by atoms with van der Waals surface area (Å²) in [7, 11) is 0. The number of pyridine rings is 1. The Morgan fingerprint density at radius 2 is 1.91 bits per heavy atom. The number of nitrogens with zero attached hydrogens (tertiary/aromatic N) is 4. The number of nitrogens with one attached hydrogen (secondary N) is 1. The molecule has 172 valence electrons. The molecule has 33 heavy (non-hydrogen) atoms.